The van der Waals surface area contributed by atoms with Gasteiger partial charge in [-0.15, -0.1) is 0 Å². The molecule has 1 nitrogen and oxygen atoms in total. The third kappa shape index (κ3) is 0.457. The van der Waals surface area contributed by atoms with Gasteiger partial charge in [0.1, 0.15) is 0 Å². The minimum absolute atomic E-state index is 0.419. The Morgan fingerprint density at radius 3 is 2.77 bits per heavy atom. The second-order valence-corrected chi connectivity index (χ2v) is 6.08. The normalized spacial score (nSPS) is 71.5. The number of hydrogen-bond acceptors (Lipinski definition) is 1. The number of ether oxygens (including phenoxy) is 1. The van der Waals surface area contributed by atoms with Gasteiger partial charge in [-0.25, -0.2) is 0 Å². The molecule has 4 aliphatic rings. The van der Waals surface area contributed by atoms with Gasteiger partial charge >= 0.3 is 0 Å². The van der Waals surface area contributed by atoms with E-state index in [1.807, 2.05) is 0 Å². The van der Waals surface area contributed by atoms with Crippen molar-refractivity contribution in [3.63, 3.8) is 0 Å². The van der Waals surface area contributed by atoms with Crippen molar-refractivity contribution >= 4 is 0 Å². The molecule has 0 N–H and O–H groups in total. The smallest absolute Gasteiger partial charge is 0.0801 e. The van der Waals surface area contributed by atoms with Crippen molar-refractivity contribution in [2.75, 3.05) is 0 Å². The van der Waals surface area contributed by atoms with E-state index in [2.05, 4.69) is 13.8 Å². The molecule has 1 heterocycles. The van der Waals surface area contributed by atoms with Gasteiger partial charge in [0.15, 0.2) is 0 Å². The van der Waals surface area contributed by atoms with E-state index in [0.29, 0.717) is 22.5 Å². The average molecular weight is 178 g/mol. The van der Waals surface area contributed by atoms with E-state index >= 15 is 0 Å². The molecule has 4 fully saturated rings. The maximum absolute atomic E-state index is 6.21. The van der Waals surface area contributed by atoms with Gasteiger partial charge < -0.3 is 4.74 Å². The zero-order chi connectivity index (χ0) is 8.90. The molecule has 0 aromatic heterocycles. The lowest BCUT2D eigenvalue weighted by Crippen LogP contribution is -2.72. The molecule has 3 saturated carbocycles. The molecule has 1 aliphatic heterocycles. The molecular weight excluding hydrogens is 160 g/mol. The highest BCUT2D eigenvalue weighted by molar-refractivity contribution is 5.38. The van der Waals surface area contributed by atoms with Crippen LogP contribution in [0.15, 0.2) is 0 Å². The molecule has 2 spiro atoms. The lowest BCUT2D eigenvalue weighted by Gasteiger charge is -2.67. The van der Waals surface area contributed by atoms with Gasteiger partial charge in [0.25, 0.3) is 0 Å². The van der Waals surface area contributed by atoms with Crippen molar-refractivity contribution in [2.45, 2.75) is 57.7 Å². The first-order chi connectivity index (χ1) is 6.18. The van der Waals surface area contributed by atoms with Crippen LogP contribution in [0.5, 0.6) is 0 Å². The van der Waals surface area contributed by atoms with E-state index < -0.39 is 0 Å². The SMILES string of the molecule is CC[C@H]1OC23CCC4(C)CC42C[C@@H]13. The van der Waals surface area contributed by atoms with E-state index in [1.165, 1.54) is 32.1 Å². The van der Waals surface area contributed by atoms with Crippen LogP contribution in [-0.4, -0.2) is 11.7 Å². The molecule has 5 atom stereocenters. The van der Waals surface area contributed by atoms with Gasteiger partial charge in [0, 0.05) is 11.3 Å². The monoisotopic (exact) mass is 178 g/mol. The van der Waals surface area contributed by atoms with Crippen LogP contribution in [0.25, 0.3) is 0 Å². The van der Waals surface area contributed by atoms with Crippen LogP contribution in [0.2, 0.25) is 0 Å². The Balaban J connectivity index is 1.70. The van der Waals surface area contributed by atoms with Crippen molar-refractivity contribution in [1.29, 1.82) is 0 Å². The summed E-state index contributed by atoms with van der Waals surface area (Å²) < 4.78 is 6.21. The van der Waals surface area contributed by atoms with E-state index in [9.17, 15) is 0 Å². The molecule has 72 valence electrons. The fraction of sp³-hybridized carbons (Fsp3) is 1.00. The summed E-state index contributed by atoms with van der Waals surface area (Å²) in [6.07, 6.45) is 7.67. The molecule has 4 rings (SSSR count). The number of rotatable bonds is 1. The molecule has 3 aliphatic carbocycles. The quantitative estimate of drug-likeness (QED) is 0.600. The largest absolute Gasteiger partial charge is 0.370 e. The highest BCUT2D eigenvalue weighted by atomic mass is 16.5. The van der Waals surface area contributed by atoms with E-state index in [4.69, 9.17) is 4.74 Å². The van der Waals surface area contributed by atoms with Crippen LogP contribution in [0.1, 0.15) is 46.0 Å². The third-order valence-corrected chi connectivity index (χ3v) is 5.96. The standard InChI is InChI=1S/C12H18O/c1-3-9-8-6-11-7-10(11,2)4-5-12(8,11)13-9/h8-9H,3-7H2,1-2H3/t8-,9+,10?,11?,12?/m0/s1. The fourth-order valence-corrected chi connectivity index (χ4v) is 5.09. The Bertz CT molecular complexity index is 295. The van der Waals surface area contributed by atoms with Crippen LogP contribution in [-0.2, 0) is 4.74 Å². The lowest BCUT2D eigenvalue weighted by atomic mass is 9.51. The summed E-state index contributed by atoms with van der Waals surface area (Å²) >= 11 is 0. The first-order valence-electron chi connectivity index (χ1n) is 5.85. The van der Waals surface area contributed by atoms with Gasteiger partial charge in [-0.3, -0.25) is 0 Å². The van der Waals surface area contributed by atoms with Crippen LogP contribution in [0, 0.1) is 16.7 Å². The zero-order valence-corrected chi connectivity index (χ0v) is 8.60. The highest BCUT2D eigenvalue weighted by Crippen LogP contribution is 2.90. The van der Waals surface area contributed by atoms with Crippen LogP contribution < -0.4 is 0 Å². The van der Waals surface area contributed by atoms with Gasteiger partial charge in [-0.05, 0) is 37.5 Å². The Labute approximate surface area is 79.8 Å². The first kappa shape index (κ1) is 7.28. The fourth-order valence-electron chi connectivity index (χ4n) is 5.09. The predicted molar refractivity (Wildman–Crippen MR) is 50.4 cm³/mol. The molecule has 1 saturated heterocycles. The minimum Gasteiger partial charge on any atom is -0.370 e. The van der Waals surface area contributed by atoms with Gasteiger partial charge in [-0.1, -0.05) is 13.8 Å². The molecule has 0 aromatic rings. The molecular formula is C12H18O. The van der Waals surface area contributed by atoms with E-state index in [1.54, 1.807) is 0 Å². The summed E-state index contributed by atoms with van der Waals surface area (Å²) in [5.74, 6) is 0.960. The summed E-state index contributed by atoms with van der Waals surface area (Å²) in [5.41, 5.74) is 1.82. The summed E-state index contributed by atoms with van der Waals surface area (Å²) in [4.78, 5) is 0. The molecule has 13 heavy (non-hydrogen) atoms. The Morgan fingerprint density at radius 1 is 1.38 bits per heavy atom. The summed E-state index contributed by atoms with van der Waals surface area (Å²) in [5, 5.41) is 0. The Hall–Kier alpha value is -0.0400. The molecule has 0 radical (unpaired) electrons. The Kier molecular flexibility index (Phi) is 0.896. The van der Waals surface area contributed by atoms with Crippen molar-refractivity contribution in [2.24, 2.45) is 16.7 Å². The second-order valence-electron chi connectivity index (χ2n) is 6.08. The first-order valence-corrected chi connectivity index (χ1v) is 5.85. The molecule has 0 aromatic carbocycles. The minimum atomic E-state index is 0.419. The zero-order valence-electron chi connectivity index (χ0n) is 8.60. The molecule has 1 heteroatoms. The van der Waals surface area contributed by atoms with Crippen molar-refractivity contribution in [1.82, 2.24) is 0 Å². The van der Waals surface area contributed by atoms with Gasteiger partial charge in [0.2, 0.25) is 0 Å². The molecule has 0 bridgehead atoms. The maximum atomic E-state index is 6.21. The summed E-state index contributed by atoms with van der Waals surface area (Å²) in [6, 6.07) is 0. The van der Waals surface area contributed by atoms with Crippen molar-refractivity contribution < 1.29 is 4.74 Å². The number of hydrogen-bond donors (Lipinski definition) is 0. The summed E-state index contributed by atoms with van der Waals surface area (Å²) in [7, 11) is 0. The topological polar surface area (TPSA) is 9.23 Å². The predicted octanol–water partition coefficient (Wildman–Crippen LogP) is 2.74. The van der Waals surface area contributed by atoms with E-state index in [-0.39, 0.29) is 0 Å². The lowest BCUT2D eigenvalue weighted by molar-refractivity contribution is -0.353. The average Bonchev–Trinajstić information content (AvgIpc) is 2.65. The third-order valence-electron chi connectivity index (χ3n) is 5.96. The molecule has 3 unspecified atom stereocenters. The second kappa shape index (κ2) is 1.60. The Morgan fingerprint density at radius 2 is 2.23 bits per heavy atom. The van der Waals surface area contributed by atoms with Crippen molar-refractivity contribution in [3.8, 4) is 0 Å². The van der Waals surface area contributed by atoms with Gasteiger partial charge in [-0.2, -0.15) is 0 Å². The van der Waals surface area contributed by atoms with Crippen LogP contribution >= 0.6 is 0 Å². The maximum Gasteiger partial charge on any atom is 0.0801 e. The molecule has 0 amide bonds. The van der Waals surface area contributed by atoms with E-state index in [0.717, 1.165) is 5.92 Å². The highest BCUT2D eigenvalue weighted by Gasteiger charge is 2.89. The van der Waals surface area contributed by atoms with Crippen LogP contribution in [0.3, 0.4) is 0 Å². The van der Waals surface area contributed by atoms with Crippen molar-refractivity contribution in [3.05, 3.63) is 0 Å². The van der Waals surface area contributed by atoms with Crippen LogP contribution in [0.4, 0.5) is 0 Å². The summed E-state index contributed by atoms with van der Waals surface area (Å²) in [6.45, 7) is 4.75. The van der Waals surface area contributed by atoms with Gasteiger partial charge in [0.05, 0.1) is 11.7 Å².